The van der Waals surface area contributed by atoms with Crippen molar-refractivity contribution in [2.24, 2.45) is 5.41 Å². The highest BCUT2D eigenvalue weighted by Gasteiger charge is 2.42. The van der Waals surface area contributed by atoms with Crippen LogP contribution in [0.25, 0.3) is 0 Å². The normalized spacial score (nSPS) is 26.4. The topological polar surface area (TPSA) is 36.0 Å². The number of rotatable bonds is 7. The third kappa shape index (κ3) is 5.13. The molecule has 0 radical (unpaired) electrons. The Labute approximate surface area is 169 Å². The lowest BCUT2D eigenvalue weighted by Gasteiger charge is -2.40. The molecular formula is C23H35N3O2. The van der Waals surface area contributed by atoms with Gasteiger partial charge in [0, 0.05) is 44.6 Å². The number of carbonyl (C=O) groups excluding carboxylic acids is 1. The van der Waals surface area contributed by atoms with Crippen molar-refractivity contribution in [1.29, 1.82) is 0 Å². The van der Waals surface area contributed by atoms with Gasteiger partial charge in [-0.2, -0.15) is 5.06 Å². The summed E-state index contributed by atoms with van der Waals surface area (Å²) in [7, 11) is 0. The number of aryl methyl sites for hydroxylation is 1. The predicted molar refractivity (Wildman–Crippen MR) is 111 cm³/mol. The van der Waals surface area contributed by atoms with Crippen LogP contribution >= 0.6 is 0 Å². The summed E-state index contributed by atoms with van der Waals surface area (Å²) in [6.45, 7) is 7.98. The quantitative estimate of drug-likeness (QED) is 0.723. The van der Waals surface area contributed by atoms with Crippen LogP contribution in [0, 0.1) is 5.41 Å². The van der Waals surface area contributed by atoms with E-state index in [1.807, 2.05) is 5.06 Å². The Hall–Kier alpha value is -1.43. The van der Waals surface area contributed by atoms with Crippen LogP contribution in [0.15, 0.2) is 30.3 Å². The SMILES string of the molecule is O=C(CCN1CCCO1)N1CC[C@]2(CCCN(CCCc3ccccc3)C2)C1. The fourth-order valence-electron chi connectivity index (χ4n) is 5.19. The Bertz CT molecular complexity index is 632. The molecule has 5 nitrogen and oxygen atoms in total. The molecule has 0 bridgehead atoms. The lowest BCUT2D eigenvalue weighted by atomic mass is 9.79. The van der Waals surface area contributed by atoms with Gasteiger partial charge in [-0.15, -0.1) is 0 Å². The Morgan fingerprint density at radius 3 is 2.71 bits per heavy atom. The second-order valence-electron chi connectivity index (χ2n) is 8.90. The van der Waals surface area contributed by atoms with E-state index in [1.54, 1.807) is 0 Å². The molecule has 0 N–H and O–H groups in total. The second-order valence-corrected chi connectivity index (χ2v) is 8.90. The van der Waals surface area contributed by atoms with Gasteiger partial charge in [-0.25, -0.2) is 0 Å². The van der Waals surface area contributed by atoms with Crippen molar-refractivity contribution in [3.05, 3.63) is 35.9 Å². The first kappa shape index (κ1) is 19.9. The van der Waals surface area contributed by atoms with Gasteiger partial charge in [-0.3, -0.25) is 9.63 Å². The third-order valence-electron chi connectivity index (χ3n) is 6.71. The molecule has 1 aromatic rings. The van der Waals surface area contributed by atoms with Crippen LogP contribution in [0.2, 0.25) is 0 Å². The van der Waals surface area contributed by atoms with Crippen molar-refractivity contribution in [1.82, 2.24) is 14.9 Å². The summed E-state index contributed by atoms with van der Waals surface area (Å²) in [4.78, 5) is 23.0. The molecule has 0 aliphatic carbocycles. The van der Waals surface area contributed by atoms with Crippen molar-refractivity contribution in [3.8, 4) is 0 Å². The van der Waals surface area contributed by atoms with E-state index in [1.165, 1.54) is 50.9 Å². The summed E-state index contributed by atoms with van der Waals surface area (Å²) >= 11 is 0. The molecule has 28 heavy (non-hydrogen) atoms. The smallest absolute Gasteiger partial charge is 0.223 e. The maximum atomic E-state index is 12.7. The Morgan fingerprint density at radius 1 is 1.00 bits per heavy atom. The van der Waals surface area contributed by atoms with E-state index < -0.39 is 0 Å². The number of piperidine rings is 1. The minimum Gasteiger partial charge on any atom is -0.342 e. The summed E-state index contributed by atoms with van der Waals surface area (Å²) in [6, 6.07) is 10.8. The van der Waals surface area contributed by atoms with Crippen molar-refractivity contribution in [2.75, 3.05) is 52.4 Å². The van der Waals surface area contributed by atoms with Crippen LogP contribution in [0.3, 0.4) is 0 Å². The fourth-order valence-corrected chi connectivity index (χ4v) is 5.19. The molecule has 3 aliphatic rings. The summed E-state index contributed by atoms with van der Waals surface area (Å²) in [5.41, 5.74) is 1.78. The minimum atomic E-state index is 0.313. The Balaban J connectivity index is 1.21. The summed E-state index contributed by atoms with van der Waals surface area (Å²) in [5, 5.41) is 1.96. The lowest BCUT2D eigenvalue weighted by molar-refractivity contribution is -0.138. The number of amides is 1. The van der Waals surface area contributed by atoms with Gasteiger partial charge in [0.05, 0.1) is 6.61 Å². The Kier molecular flexibility index (Phi) is 6.65. The first-order valence-corrected chi connectivity index (χ1v) is 11.1. The number of likely N-dealkylation sites (tertiary alicyclic amines) is 2. The number of hydrogen-bond donors (Lipinski definition) is 0. The number of hydroxylamine groups is 2. The highest BCUT2D eigenvalue weighted by atomic mass is 16.7. The molecule has 1 amide bonds. The molecule has 0 unspecified atom stereocenters. The van der Waals surface area contributed by atoms with Crippen molar-refractivity contribution in [3.63, 3.8) is 0 Å². The van der Waals surface area contributed by atoms with Crippen molar-refractivity contribution in [2.45, 2.75) is 44.9 Å². The van der Waals surface area contributed by atoms with E-state index in [-0.39, 0.29) is 0 Å². The zero-order chi connectivity index (χ0) is 19.2. The first-order chi connectivity index (χ1) is 13.7. The van der Waals surface area contributed by atoms with E-state index >= 15 is 0 Å². The van der Waals surface area contributed by atoms with Crippen LogP contribution in [-0.4, -0.2) is 73.2 Å². The molecule has 3 saturated heterocycles. The minimum absolute atomic E-state index is 0.313. The van der Waals surface area contributed by atoms with E-state index in [0.29, 0.717) is 17.7 Å². The number of benzene rings is 1. The van der Waals surface area contributed by atoms with Crippen LogP contribution in [0.1, 0.15) is 44.1 Å². The van der Waals surface area contributed by atoms with E-state index in [4.69, 9.17) is 4.84 Å². The van der Waals surface area contributed by atoms with Gasteiger partial charge < -0.3 is 9.80 Å². The Morgan fingerprint density at radius 2 is 1.89 bits per heavy atom. The number of nitrogens with zero attached hydrogens (tertiary/aromatic N) is 3. The van der Waals surface area contributed by atoms with Crippen molar-refractivity contribution >= 4 is 5.91 Å². The monoisotopic (exact) mass is 385 g/mol. The fraction of sp³-hybridized carbons (Fsp3) is 0.696. The third-order valence-corrected chi connectivity index (χ3v) is 6.71. The molecule has 1 aromatic carbocycles. The van der Waals surface area contributed by atoms with Gasteiger partial charge in [0.1, 0.15) is 0 Å². The van der Waals surface area contributed by atoms with Crippen LogP contribution in [0.5, 0.6) is 0 Å². The average molecular weight is 386 g/mol. The molecule has 1 spiro atoms. The maximum Gasteiger partial charge on any atom is 0.223 e. The number of hydrogen-bond acceptors (Lipinski definition) is 4. The molecule has 3 fully saturated rings. The highest BCUT2D eigenvalue weighted by molar-refractivity contribution is 5.76. The van der Waals surface area contributed by atoms with Crippen LogP contribution in [-0.2, 0) is 16.1 Å². The highest BCUT2D eigenvalue weighted by Crippen LogP contribution is 2.39. The number of carbonyl (C=O) groups is 1. The van der Waals surface area contributed by atoms with Gasteiger partial charge in [0.25, 0.3) is 0 Å². The predicted octanol–water partition coefficient (Wildman–Crippen LogP) is 2.96. The molecule has 5 heteroatoms. The second kappa shape index (κ2) is 9.38. The van der Waals surface area contributed by atoms with Crippen molar-refractivity contribution < 1.29 is 9.63 Å². The summed E-state index contributed by atoms with van der Waals surface area (Å²) in [6.07, 6.45) is 7.79. The molecule has 4 rings (SSSR count). The molecule has 154 valence electrons. The maximum absolute atomic E-state index is 12.7. The van der Waals surface area contributed by atoms with Crippen LogP contribution < -0.4 is 0 Å². The zero-order valence-electron chi connectivity index (χ0n) is 17.2. The molecule has 0 saturated carbocycles. The summed E-state index contributed by atoms with van der Waals surface area (Å²) < 4.78 is 0. The standard InChI is InChI=1S/C23H35N3O2/c27-22(10-16-26-15-6-18-28-26)25-17-12-23(20-25)11-5-14-24(19-23)13-4-9-21-7-2-1-3-8-21/h1-3,7-8H,4-6,9-20H2/t23-/m0/s1. The molecule has 0 aromatic heterocycles. The van der Waals surface area contributed by atoms with E-state index in [9.17, 15) is 4.79 Å². The molecule has 1 atom stereocenters. The lowest BCUT2D eigenvalue weighted by Crippen LogP contribution is -2.45. The molecular weight excluding hydrogens is 350 g/mol. The van der Waals surface area contributed by atoms with Gasteiger partial charge in [0.15, 0.2) is 0 Å². The van der Waals surface area contributed by atoms with E-state index in [0.717, 1.165) is 45.6 Å². The molecule has 3 heterocycles. The van der Waals surface area contributed by atoms with Gasteiger partial charge >= 0.3 is 0 Å². The van der Waals surface area contributed by atoms with Gasteiger partial charge in [-0.05, 0) is 57.2 Å². The summed E-state index contributed by atoms with van der Waals surface area (Å²) in [5.74, 6) is 0.313. The van der Waals surface area contributed by atoms with E-state index in [2.05, 4.69) is 40.1 Å². The zero-order valence-corrected chi connectivity index (χ0v) is 17.2. The first-order valence-electron chi connectivity index (χ1n) is 11.1. The van der Waals surface area contributed by atoms with Gasteiger partial charge in [-0.1, -0.05) is 30.3 Å². The van der Waals surface area contributed by atoms with Crippen LogP contribution in [0.4, 0.5) is 0 Å². The average Bonchev–Trinajstić information content (AvgIpc) is 3.38. The molecule has 3 aliphatic heterocycles. The largest absolute Gasteiger partial charge is 0.342 e. The van der Waals surface area contributed by atoms with Gasteiger partial charge in [0.2, 0.25) is 5.91 Å².